The van der Waals surface area contributed by atoms with Gasteiger partial charge < -0.3 is 25.5 Å². The molecule has 0 spiro atoms. The Morgan fingerprint density at radius 2 is 2.10 bits per heavy atom. The molecule has 1 aliphatic rings. The van der Waals surface area contributed by atoms with Gasteiger partial charge in [-0.1, -0.05) is 0 Å². The molecule has 0 unspecified atom stereocenters. The lowest BCUT2D eigenvalue weighted by Crippen LogP contribution is -2.21. The molecule has 8 nitrogen and oxygen atoms in total. The topological polar surface area (TPSA) is 115 Å². The predicted molar refractivity (Wildman–Crippen MR) is 108 cm³/mol. The number of ether oxygens (including phenoxy) is 2. The number of H-pyrrole nitrogens is 1. The molecule has 1 aliphatic heterocycles. The van der Waals surface area contributed by atoms with E-state index in [2.05, 4.69) is 20.3 Å². The number of rotatable bonds is 5. The molecule has 3 aromatic rings. The first-order chi connectivity index (χ1) is 14.7. The molecule has 3 heterocycles. The molecule has 31 heavy (non-hydrogen) atoms. The summed E-state index contributed by atoms with van der Waals surface area (Å²) in [6.07, 6.45) is -2.83. The first-order valence-corrected chi connectivity index (χ1v) is 9.57. The summed E-state index contributed by atoms with van der Waals surface area (Å²) in [7, 11) is 0. The molecule has 1 aromatic carbocycles. The fourth-order valence-electron chi connectivity index (χ4n) is 3.36. The highest BCUT2D eigenvalue weighted by molar-refractivity contribution is 5.87. The van der Waals surface area contributed by atoms with Crippen molar-refractivity contribution in [2.24, 2.45) is 0 Å². The minimum absolute atomic E-state index is 0.00446. The number of benzene rings is 1. The molecular weight excluding hydrogens is 415 g/mol. The lowest BCUT2D eigenvalue weighted by molar-refractivity contribution is -0.137. The van der Waals surface area contributed by atoms with Gasteiger partial charge in [-0.15, -0.1) is 0 Å². The Morgan fingerprint density at radius 1 is 1.29 bits per heavy atom. The molecule has 164 valence electrons. The van der Waals surface area contributed by atoms with E-state index in [-0.39, 0.29) is 23.2 Å². The molecule has 0 aliphatic carbocycles. The summed E-state index contributed by atoms with van der Waals surface area (Å²) in [6, 6.07) is 4.34. The Kier molecular flexibility index (Phi) is 5.44. The fraction of sp³-hybridized carbons (Fsp3) is 0.350. The van der Waals surface area contributed by atoms with Crippen molar-refractivity contribution in [3.63, 3.8) is 0 Å². The Labute approximate surface area is 174 Å². The second-order valence-electron chi connectivity index (χ2n) is 7.30. The highest BCUT2D eigenvalue weighted by Crippen LogP contribution is 2.33. The second-order valence-corrected chi connectivity index (χ2v) is 7.30. The summed E-state index contributed by atoms with van der Waals surface area (Å²) in [6.45, 7) is 2.63. The van der Waals surface area contributed by atoms with Crippen LogP contribution in [0.25, 0.3) is 11.0 Å². The van der Waals surface area contributed by atoms with Crippen LogP contribution in [0.15, 0.2) is 35.4 Å². The number of aromatic amines is 1. The third-order valence-electron chi connectivity index (χ3n) is 4.95. The smallest absolute Gasteiger partial charge is 0.416 e. The van der Waals surface area contributed by atoms with Gasteiger partial charge in [-0.3, -0.25) is 4.79 Å². The summed E-state index contributed by atoms with van der Waals surface area (Å²) in [5, 5.41) is 3.53. The van der Waals surface area contributed by atoms with Crippen molar-refractivity contribution < 1.29 is 22.6 Å². The zero-order valence-corrected chi connectivity index (χ0v) is 16.5. The quantitative estimate of drug-likeness (QED) is 0.527. The van der Waals surface area contributed by atoms with E-state index in [0.717, 1.165) is 12.1 Å². The van der Waals surface area contributed by atoms with Gasteiger partial charge in [-0.05, 0) is 30.7 Å². The van der Waals surface area contributed by atoms with E-state index in [1.807, 2.05) is 0 Å². The van der Waals surface area contributed by atoms with Crippen molar-refractivity contribution in [1.29, 1.82) is 0 Å². The average molecular weight is 435 g/mol. The summed E-state index contributed by atoms with van der Waals surface area (Å²) >= 11 is 0. The number of hydrogen-bond donors (Lipinski definition) is 3. The van der Waals surface area contributed by atoms with Crippen molar-refractivity contribution >= 4 is 22.5 Å². The number of anilines is 2. The fourth-order valence-corrected chi connectivity index (χ4v) is 3.36. The van der Waals surface area contributed by atoms with E-state index in [1.54, 1.807) is 6.92 Å². The van der Waals surface area contributed by atoms with Crippen LogP contribution in [0.5, 0.6) is 5.75 Å². The minimum atomic E-state index is -4.51. The minimum Gasteiger partial charge on any atom is -0.482 e. The molecular formula is C20H20F3N5O3. The third kappa shape index (κ3) is 4.55. The SMILES string of the molecule is C[C@@H](Nc1ncnc2[nH]c(=O)c(O[C@H]3CCOC3)cc12)c1cc(N)cc(C(F)(F)F)c1. The van der Waals surface area contributed by atoms with E-state index in [9.17, 15) is 18.0 Å². The van der Waals surface area contributed by atoms with Crippen LogP contribution in [0.3, 0.4) is 0 Å². The molecule has 11 heteroatoms. The standard InChI is InChI=1S/C20H20F3N5O3/c1-10(11-4-12(20(21,22)23)6-13(24)5-11)27-17-15-7-16(31-14-2-3-30-8-14)19(29)28-18(15)26-9-25-17/h4-7,9-10,14H,2-3,8,24H2,1H3,(H2,25,26,27,28,29)/t10-,14+/m1/s1. The Hall–Kier alpha value is -3.34. The molecule has 2 atom stereocenters. The molecule has 0 saturated carbocycles. The number of nitrogens with two attached hydrogens (primary N) is 1. The van der Waals surface area contributed by atoms with Crippen LogP contribution in [0.4, 0.5) is 24.7 Å². The normalized spacial score (nSPS) is 17.6. The third-order valence-corrected chi connectivity index (χ3v) is 4.95. The van der Waals surface area contributed by atoms with Crippen LogP contribution >= 0.6 is 0 Å². The first kappa shape index (κ1) is 20.9. The maximum Gasteiger partial charge on any atom is 0.416 e. The van der Waals surface area contributed by atoms with Gasteiger partial charge in [0.05, 0.1) is 30.2 Å². The number of nitrogens with zero attached hydrogens (tertiary/aromatic N) is 2. The largest absolute Gasteiger partial charge is 0.482 e. The summed E-state index contributed by atoms with van der Waals surface area (Å²) in [4.78, 5) is 23.2. The molecule has 0 bridgehead atoms. The Bertz CT molecular complexity index is 1160. The predicted octanol–water partition coefficient (Wildman–Crippen LogP) is 3.26. The van der Waals surface area contributed by atoms with Crippen LogP contribution in [-0.2, 0) is 10.9 Å². The summed E-state index contributed by atoms with van der Waals surface area (Å²) in [5.41, 5.74) is 5.01. The van der Waals surface area contributed by atoms with Crippen molar-refractivity contribution in [2.45, 2.75) is 31.7 Å². The monoisotopic (exact) mass is 435 g/mol. The van der Waals surface area contributed by atoms with E-state index >= 15 is 0 Å². The Morgan fingerprint density at radius 3 is 2.81 bits per heavy atom. The van der Waals surface area contributed by atoms with Crippen molar-refractivity contribution in [1.82, 2.24) is 15.0 Å². The maximum absolute atomic E-state index is 13.1. The molecule has 1 fully saturated rings. The second kappa shape index (κ2) is 8.06. The number of fused-ring (bicyclic) bond motifs is 1. The number of nitrogens with one attached hydrogen (secondary N) is 2. The van der Waals surface area contributed by atoms with E-state index in [4.69, 9.17) is 15.2 Å². The molecule has 4 N–H and O–H groups in total. The van der Waals surface area contributed by atoms with Gasteiger partial charge in [0.1, 0.15) is 23.9 Å². The molecule has 1 saturated heterocycles. The maximum atomic E-state index is 13.1. The van der Waals surface area contributed by atoms with Gasteiger partial charge in [0.15, 0.2) is 5.75 Å². The molecule has 4 rings (SSSR count). The average Bonchev–Trinajstić information content (AvgIpc) is 3.21. The van der Waals surface area contributed by atoms with Crippen molar-refractivity contribution in [3.8, 4) is 5.75 Å². The van der Waals surface area contributed by atoms with Gasteiger partial charge in [0.2, 0.25) is 0 Å². The van der Waals surface area contributed by atoms with Crippen LogP contribution in [0, 0.1) is 0 Å². The van der Waals surface area contributed by atoms with E-state index < -0.39 is 23.3 Å². The molecule has 0 amide bonds. The van der Waals surface area contributed by atoms with Crippen molar-refractivity contribution in [3.05, 3.63) is 52.1 Å². The van der Waals surface area contributed by atoms with E-state index in [0.29, 0.717) is 36.4 Å². The number of aromatic nitrogens is 3. The lowest BCUT2D eigenvalue weighted by atomic mass is 10.0. The van der Waals surface area contributed by atoms with Crippen molar-refractivity contribution in [2.75, 3.05) is 24.3 Å². The summed E-state index contributed by atoms with van der Waals surface area (Å²) in [5.74, 6) is 0.425. The first-order valence-electron chi connectivity index (χ1n) is 9.57. The van der Waals surface area contributed by atoms with E-state index in [1.165, 1.54) is 18.5 Å². The number of alkyl halides is 3. The van der Waals surface area contributed by atoms with Gasteiger partial charge in [-0.25, -0.2) is 9.97 Å². The Balaban J connectivity index is 1.66. The number of hydrogen-bond acceptors (Lipinski definition) is 7. The van der Waals surface area contributed by atoms with Crippen LogP contribution in [0.2, 0.25) is 0 Å². The highest BCUT2D eigenvalue weighted by Gasteiger charge is 2.31. The molecule has 2 aromatic heterocycles. The molecule has 0 radical (unpaired) electrons. The lowest BCUT2D eigenvalue weighted by Gasteiger charge is -2.19. The van der Waals surface area contributed by atoms with Gasteiger partial charge >= 0.3 is 6.18 Å². The number of halogens is 3. The van der Waals surface area contributed by atoms with Crippen LogP contribution in [0.1, 0.15) is 30.5 Å². The van der Waals surface area contributed by atoms with Gasteiger partial charge in [-0.2, -0.15) is 13.2 Å². The van der Waals surface area contributed by atoms with Gasteiger partial charge in [0, 0.05) is 18.2 Å². The number of nitrogen functional groups attached to an aromatic ring is 1. The highest BCUT2D eigenvalue weighted by atomic mass is 19.4. The van der Waals surface area contributed by atoms with Crippen LogP contribution in [-0.4, -0.2) is 34.3 Å². The van der Waals surface area contributed by atoms with Crippen LogP contribution < -0.4 is 21.3 Å². The zero-order valence-electron chi connectivity index (χ0n) is 16.5. The number of pyridine rings is 1. The zero-order chi connectivity index (χ0) is 22.2. The summed E-state index contributed by atoms with van der Waals surface area (Å²) < 4.78 is 50.4. The van der Waals surface area contributed by atoms with Gasteiger partial charge in [0.25, 0.3) is 5.56 Å².